The van der Waals surface area contributed by atoms with Crippen molar-refractivity contribution in [3.63, 3.8) is 0 Å². The Bertz CT molecular complexity index is 312. The molecule has 0 aliphatic carbocycles. The molecule has 0 aromatic rings. The molecule has 0 saturated carbocycles. The summed E-state index contributed by atoms with van der Waals surface area (Å²) in [7, 11) is 0. The summed E-state index contributed by atoms with van der Waals surface area (Å²) >= 11 is 0. The zero-order chi connectivity index (χ0) is 13.2. The van der Waals surface area contributed by atoms with E-state index in [2.05, 4.69) is 10.6 Å². The van der Waals surface area contributed by atoms with Crippen LogP contribution in [0.3, 0.4) is 0 Å². The maximum atomic E-state index is 12.9. The van der Waals surface area contributed by atoms with Gasteiger partial charge in [0.25, 0.3) is 5.92 Å². The Morgan fingerprint density at radius 2 is 2.33 bits per heavy atom. The quantitative estimate of drug-likeness (QED) is 0.795. The minimum Gasteiger partial charge on any atom is -0.378 e. The SMILES string of the molecule is CC1CC(CNC(=O)C2CC(F)(F)CN2)CCO1. The van der Waals surface area contributed by atoms with Gasteiger partial charge < -0.3 is 10.1 Å². The van der Waals surface area contributed by atoms with Gasteiger partial charge in [-0.1, -0.05) is 0 Å². The molecule has 1 amide bonds. The Labute approximate surface area is 105 Å². The number of alkyl halides is 2. The van der Waals surface area contributed by atoms with E-state index in [0.717, 1.165) is 12.8 Å². The molecule has 0 aromatic carbocycles. The van der Waals surface area contributed by atoms with Gasteiger partial charge in [0.1, 0.15) is 0 Å². The molecule has 2 aliphatic heterocycles. The number of ether oxygens (including phenoxy) is 1. The number of nitrogens with one attached hydrogen (secondary N) is 2. The monoisotopic (exact) mass is 262 g/mol. The smallest absolute Gasteiger partial charge is 0.262 e. The summed E-state index contributed by atoms with van der Waals surface area (Å²) in [6, 6.07) is -0.753. The van der Waals surface area contributed by atoms with Crippen LogP contribution in [-0.4, -0.2) is 43.7 Å². The van der Waals surface area contributed by atoms with Gasteiger partial charge in [0.2, 0.25) is 5.91 Å². The Hall–Kier alpha value is -0.750. The third-order valence-corrected chi connectivity index (χ3v) is 3.59. The van der Waals surface area contributed by atoms with Crippen molar-refractivity contribution in [1.29, 1.82) is 0 Å². The van der Waals surface area contributed by atoms with Gasteiger partial charge in [-0.3, -0.25) is 10.1 Å². The van der Waals surface area contributed by atoms with Gasteiger partial charge in [-0.2, -0.15) is 0 Å². The fourth-order valence-corrected chi connectivity index (χ4v) is 2.55. The van der Waals surface area contributed by atoms with Crippen LogP contribution in [0.15, 0.2) is 0 Å². The van der Waals surface area contributed by atoms with Crippen molar-refractivity contribution < 1.29 is 18.3 Å². The predicted molar refractivity (Wildman–Crippen MR) is 62.5 cm³/mol. The van der Waals surface area contributed by atoms with Gasteiger partial charge in [-0.05, 0) is 25.7 Å². The van der Waals surface area contributed by atoms with E-state index in [1.807, 2.05) is 6.92 Å². The lowest BCUT2D eigenvalue weighted by atomic mass is 9.96. The van der Waals surface area contributed by atoms with Crippen LogP contribution in [-0.2, 0) is 9.53 Å². The van der Waals surface area contributed by atoms with Crippen LogP contribution in [0.1, 0.15) is 26.2 Å². The average Bonchev–Trinajstić information content (AvgIpc) is 2.67. The van der Waals surface area contributed by atoms with E-state index in [1.165, 1.54) is 0 Å². The highest BCUT2D eigenvalue weighted by Crippen LogP contribution is 2.25. The van der Waals surface area contributed by atoms with Gasteiger partial charge in [-0.15, -0.1) is 0 Å². The summed E-state index contributed by atoms with van der Waals surface area (Å²) in [5.41, 5.74) is 0. The molecule has 18 heavy (non-hydrogen) atoms. The predicted octanol–water partition coefficient (Wildman–Crippen LogP) is 0.915. The molecule has 2 fully saturated rings. The Kier molecular flexibility index (Phi) is 4.17. The second kappa shape index (κ2) is 5.48. The molecule has 0 bridgehead atoms. The van der Waals surface area contributed by atoms with Crippen LogP contribution in [0.25, 0.3) is 0 Å². The van der Waals surface area contributed by atoms with E-state index in [1.54, 1.807) is 0 Å². The number of amides is 1. The second-order valence-corrected chi connectivity index (χ2v) is 5.31. The highest BCUT2D eigenvalue weighted by molar-refractivity contribution is 5.82. The van der Waals surface area contributed by atoms with Crippen LogP contribution in [0.2, 0.25) is 0 Å². The molecular formula is C12H20F2N2O2. The molecule has 4 nitrogen and oxygen atoms in total. The Morgan fingerprint density at radius 1 is 1.56 bits per heavy atom. The number of carbonyl (C=O) groups is 1. The van der Waals surface area contributed by atoms with Gasteiger partial charge in [-0.25, -0.2) is 8.78 Å². The summed E-state index contributed by atoms with van der Waals surface area (Å²) in [5, 5.41) is 5.32. The molecular weight excluding hydrogens is 242 g/mol. The first-order valence-electron chi connectivity index (χ1n) is 6.47. The number of halogens is 2. The van der Waals surface area contributed by atoms with E-state index in [4.69, 9.17) is 4.74 Å². The highest BCUT2D eigenvalue weighted by atomic mass is 19.3. The first-order chi connectivity index (χ1) is 8.46. The van der Waals surface area contributed by atoms with Crippen LogP contribution >= 0.6 is 0 Å². The fourth-order valence-electron chi connectivity index (χ4n) is 2.55. The summed E-state index contributed by atoms with van der Waals surface area (Å²) in [6.07, 6.45) is 1.64. The molecule has 0 aromatic heterocycles. The van der Waals surface area contributed by atoms with E-state index in [-0.39, 0.29) is 12.0 Å². The van der Waals surface area contributed by atoms with Crippen LogP contribution in [0.4, 0.5) is 8.78 Å². The van der Waals surface area contributed by atoms with Crippen molar-refractivity contribution in [2.45, 2.75) is 44.3 Å². The minimum absolute atomic E-state index is 0.217. The van der Waals surface area contributed by atoms with Crippen LogP contribution in [0, 0.1) is 5.92 Å². The molecule has 2 saturated heterocycles. The molecule has 2 N–H and O–H groups in total. The molecule has 0 spiro atoms. The maximum Gasteiger partial charge on any atom is 0.262 e. The number of rotatable bonds is 3. The first kappa shape index (κ1) is 13.7. The largest absolute Gasteiger partial charge is 0.378 e. The molecule has 6 heteroatoms. The molecule has 0 radical (unpaired) electrons. The van der Waals surface area contributed by atoms with Crippen molar-refractivity contribution in [1.82, 2.24) is 10.6 Å². The van der Waals surface area contributed by atoms with Crippen molar-refractivity contribution in [3.05, 3.63) is 0 Å². The Morgan fingerprint density at radius 3 is 2.94 bits per heavy atom. The van der Waals surface area contributed by atoms with Crippen molar-refractivity contribution in [2.75, 3.05) is 19.7 Å². The highest BCUT2D eigenvalue weighted by Gasteiger charge is 2.42. The molecule has 2 aliphatic rings. The first-order valence-corrected chi connectivity index (χ1v) is 6.47. The van der Waals surface area contributed by atoms with Gasteiger partial charge >= 0.3 is 0 Å². The topological polar surface area (TPSA) is 50.4 Å². The van der Waals surface area contributed by atoms with Crippen molar-refractivity contribution >= 4 is 5.91 Å². The van der Waals surface area contributed by atoms with E-state index < -0.39 is 24.9 Å². The number of carbonyl (C=O) groups excluding carboxylic acids is 1. The second-order valence-electron chi connectivity index (χ2n) is 5.31. The van der Waals surface area contributed by atoms with Crippen molar-refractivity contribution in [2.24, 2.45) is 5.92 Å². The Balaban J connectivity index is 1.72. The number of hydrogen-bond donors (Lipinski definition) is 2. The third-order valence-electron chi connectivity index (χ3n) is 3.59. The minimum atomic E-state index is -2.75. The summed E-state index contributed by atoms with van der Waals surface area (Å²) in [6.45, 7) is 2.87. The molecule has 104 valence electrons. The molecule has 3 atom stereocenters. The number of hydrogen-bond acceptors (Lipinski definition) is 3. The van der Waals surface area contributed by atoms with E-state index >= 15 is 0 Å². The van der Waals surface area contributed by atoms with E-state index in [9.17, 15) is 13.6 Å². The lowest BCUT2D eigenvalue weighted by molar-refractivity contribution is -0.123. The van der Waals surface area contributed by atoms with Crippen molar-refractivity contribution in [3.8, 4) is 0 Å². The standard InChI is InChI=1S/C12H20F2N2O2/c1-8-4-9(2-3-18-8)6-15-11(17)10-5-12(13,14)7-16-10/h8-10,16H,2-7H2,1H3,(H,15,17). The van der Waals surface area contributed by atoms with Gasteiger partial charge in [0, 0.05) is 19.6 Å². The fraction of sp³-hybridized carbons (Fsp3) is 0.917. The summed E-state index contributed by atoms with van der Waals surface area (Å²) < 4.78 is 31.3. The average molecular weight is 262 g/mol. The van der Waals surface area contributed by atoms with E-state index in [0.29, 0.717) is 19.1 Å². The van der Waals surface area contributed by atoms with Gasteiger partial charge in [0.05, 0.1) is 18.7 Å². The third kappa shape index (κ3) is 3.62. The lowest BCUT2D eigenvalue weighted by Gasteiger charge is -2.27. The van der Waals surface area contributed by atoms with Crippen LogP contribution in [0.5, 0.6) is 0 Å². The normalized spacial score (nSPS) is 35.4. The summed E-state index contributed by atoms with van der Waals surface area (Å²) in [5.74, 6) is -2.68. The van der Waals surface area contributed by atoms with Gasteiger partial charge in [0.15, 0.2) is 0 Å². The van der Waals surface area contributed by atoms with Crippen LogP contribution < -0.4 is 10.6 Å². The summed E-state index contributed by atoms with van der Waals surface area (Å²) in [4.78, 5) is 11.7. The zero-order valence-corrected chi connectivity index (χ0v) is 10.5. The molecule has 2 heterocycles. The maximum absolute atomic E-state index is 12.9. The molecule has 2 rings (SSSR count). The zero-order valence-electron chi connectivity index (χ0n) is 10.5. The lowest BCUT2D eigenvalue weighted by Crippen LogP contribution is -2.43. The molecule has 3 unspecified atom stereocenters.